The lowest BCUT2D eigenvalue weighted by molar-refractivity contribution is 0.0950. The van der Waals surface area contributed by atoms with Crippen LogP contribution in [0.3, 0.4) is 0 Å². The fraction of sp³-hybridized carbons (Fsp3) is 0.238. The number of benzene rings is 1. The Morgan fingerprint density at radius 3 is 2.65 bits per heavy atom. The van der Waals surface area contributed by atoms with Gasteiger partial charge in [0.05, 0.1) is 17.8 Å². The first-order chi connectivity index (χ1) is 12.5. The van der Waals surface area contributed by atoms with Gasteiger partial charge in [-0.25, -0.2) is 4.39 Å². The second kappa shape index (κ2) is 7.52. The van der Waals surface area contributed by atoms with Gasteiger partial charge in [-0.2, -0.15) is 0 Å². The van der Waals surface area contributed by atoms with Crippen LogP contribution in [0.15, 0.2) is 48.7 Å². The van der Waals surface area contributed by atoms with Gasteiger partial charge in [-0.15, -0.1) is 0 Å². The summed E-state index contributed by atoms with van der Waals surface area (Å²) in [6, 6.07) is 12.7. The van der Waals surface area contributed by atoms with Crippen LogP contribution >= 0.6 is 0 Å². The third-order valence-corrected chi connectivity index (χ3v) is 4.55. The Bertz CT molecular complexity index is 932. The lowest BCUT2D eigenvalue weighted by Gasteiger charge is -2.10. The van der Waals surface area contributed by atoms with Gasteiger partial charge in [0, 0.05) is 24.1 Å². The summed E-state index contributed by atoms with van der Waals surface area (Å²) in [5.41, 5.74) is 4.80. The van der Waals surface area contributed by atoms with Crippen molar-refractivity contribution >= 4 is 5.91 Å². The van der Waals surface area contributed by atoms with Gasteiger partial charge < -0.3 is 9.88 Å². The van der Waals surface area contributed by atoms with Gasteiger partial charge in [0.1, 0.15) is 5.82 Å². The van der Waals surface area contributed by atoms with E-state index in [-0.39, 0.29) is 11.7 Å². The third-order valence-electron chi connectivity index (χ3n) is 4.55. The highest BCUT2D eigenvalue weighted by molar-refractivity contribution is 5.95. The zero-order valence-electron chi connectivity index (χ0n) is 15.2. The minimum atomic E-state index is -0.259. The van der Waals surface area contributed by atoms with Crippen LogP contribution in [-0.2, 0) is 13.1 Å². The molecule has 0 spiro atoms. The number of aryl methyl sites for hydroxylation is 2. The van der Waals surface area contributed by atoms with Crippen LogP contribution < -0.4 is 5.32 Å². The highest BCUT2D eigenvalue weighted by Gasteiger charge is 2.16. The number of aromatic nitrogens is 2. The van der Waals surface area contributed by atoms with Gasteiger partial charge in [0.2, 0.25) is 0 Å². The molecule has 0 aliphatic heterocycles. The number of hydrogen-bond donors (Lipinski definition) is 1. The van der Waals surface area contributed by atoms with E-state index in [1.165, 1.54) is 6.07 Å². The predicted molar refractivity (Wildman–Crippen MR) is 99.6 cm³/mol. The summed E-state index contributed by atoms with van der Waals surface area (Å²) >= 11 is 0. The largest absolute Gasteiger partial charge is 0.348 e. The molecule has 1 N–H and O–H groups in total. The molecule has 0 fully saturated rings. The molecule has 0 aliphatic carbocycles. The fourth-order valence-corrected chi connectivity index (χ4v) is 2.95. The predicted octanol–water partition coefficient (Wildman–Crippen LogP) is 3.93. The molecule has 1 aromatic carbocycles. The first-order valence-corrected chi connectivity index (χ1v) is 8.55. The molecule has 0 radical (unpaired) electrons. The highest BCUT2D eigenvalue weighted by Crippen LogP contribution is 2.17. The van der Waals surface area contributed by atoms with Crippen molar-refractivity contribution in [2.24, 2.45) is 0 Å². The van der Waals surface area contributed by atoms with E-state index in [1.807, 2.05) is 44.2 Å². The first-order valence-electron chi connectivity index (χ1n) is 8.55. The molecule has 0 unspecified atom stereocenters. The maximum absolute atomic E-state index is 13.6. The fourth-order valence-electron chi connectivity index (χ4n) is 2.95. The summed E-state index contributed by atoms with van der Waals surface area (Å²) in [6.07, 6.45) is 1.76. The van der Waals surface area contributed by atoms with E-state index >= 15 is 0 Å². The number of halogens is 1. The van der Waals surface area contributed by atoms with Gasteiger partial charge in [0.25, 0.3) is 5.91 Å². The molecule has 2 heterocycles. The first kappa shape index (κ1) is 17.9. The number of carbonyl (C=O) groups is 1. The average molecular weight is 351 g/mol. The molecule has 4 nitrogen and oxygen atoms in total. The number of carbonyl (C=O) groups excluding carboxylic acids is 1. The lowest BCUT2D eigenvalue weighted by atomic mass is 10.1. The van der Waals surface area contributed by atoms with Crippen molar-refractivity contribution in [3.8, 4) is 0 Å². The molecular weight excluding hydrogens is 329 g/mol. The van der Waals surface area contributed by atoms with E-state index in [0.29, 0.717) is 24.2 Å². The van der Waals surface area contributed by atoms with E-state index in [9.17, 15) is 9.18 Å². The van der Waals surface area contributed by atoms with Gasteiger partial charge >= 0.3 is 0 Å². The average Bonchev–Trinajstić information content (AvgIpc) is 2.91. The van der Waals surface area contributed by atoms with Crippen LogP contribution in [0.4, 0.5) is 4.39 Å². The van der Waals surface area contributed by atoms with Gasteiger partial charge in [-0.1, -0.05) is 18.2 Å². The van der Waals surface area contributed by atoms with Gasteiger partial charge in [-0.05, 0) is 56.2 Å². The smallest absolute Gasteiger partial charge is 0.253 e. The maximum Gasteiger partial charge on any atom is 0.253 e. The number of pyridine rings is 1. The Morgan fingerprint density at radius 1 is 1.15 bits per heavy atom. The summed E-state index contributed by atoms with van der Waals surface area (Å²) in [5, 5.41) is 2.87. The molecule has 1 amide bonds. The van der Waals surface area contributed by atoms with Crippen molar-refractivity contribution < 1.29 is 9.18 Å². The molecule has 2 aromatic heterocycles. The molecule has 0 bridgehead atoms. The normalized spacial score (nSPS) is 10.8. The summed E-state index contributed by atoms with van der Waals surface area (Å²) in [4.78, 5) is 16.9. The summed E-state index contributed by atoms with van der Waals surface area (Å²) in [7, 11) is 0. The van der Waals surface area contributed by atoms with Crippen LogP contribution in [-0.4, -0.2) is 15.5 Å². The van der Waals surface area contributed by atoms with Crippen molar-refractivity contribution in [1.82, 2.24) is 14.9 Å². The SMILES string of the molecule is Cc1ccc(CNC(=O)c2cc(C)n(Cc3ccccn3)c2C)cc1F. The van der Waals surface area contributed by atoms with Crippen LogP contribution in [0.5, 0.6) is 0 Å². The maximum atomic E-state index is 13.6. The Balaban J connectivity index is 1.73. The van der Waals surface area contributed by atoms with E-state index in [0.717, 1.165) is 22.6 Å². The molecule has 0 saturated carbocycles. The molecular formula is C21H22FN3O. The molecule has 3 aromatic rings. The minimum absolute atomic E-state index is 0.161. The van der Waals surface area contributed by atoms with Gasteiger partial charge in [-0.3, -0.25) is 9.78 Å². The molecule has 5 heteroatoms. The van der Waals surface area contributed by atoms with E-state index in [1.54, 1.807) is 19.2 Å². The Morgan fingerprint density at radius 2 is 1.96 bits per heavy atom. The monoisotopic (exact) mass is 351 g/mol. The Labute approximate surface area is 152 Å². The van der Waals surface area contributed by atoms with Crippen LogP contribution in [0.2, 0.25) is 0 Å². The number of amides is 1. The number of nitrogens with zero attached hydrogens (tertiary/aromatic N) is 2. The number of nitrogens with one attached hydrogen (secondary N) is 1. The minimum Gasteiger partial charge on any atom is -0.348 e. The lowest BCUT2D eigenvalue weighted by Crippen LogP contribution is -2.23. The third kappa shape index (κ3) is 3.82. The van der Waals surface area contributed by atoms with E-state index < -0.39 is 0 Å². The van der Waals surface area contributed by atoms with Crippen molar-refractivity contribution in [2.75, 3.05) is 0 Å². The quantitative estimate of drug-likeness (QED) is 0.757. The standard InChI is InChI=1S/C21H22FN3O/c1-14-7-8-17(11-20(14)22)12-24-21(26)19-10-15(2)25(16(19)3)13-18-6-4-5-9-23-18/h4-11H,12-13H2,1-3H3,(H,24,26). The highest BCUT2D eigenvalue weighted by atomic mass is 19.1. The van der Waals surface area contributed by atoms with Crippen molar-refractivity contribution in [3.05, 3.63) is 88.3 Å². The molecule has 0 atom stereocenters. The Hall–Kier alpha value is -2.95. The topological polar surface area (TPSA) is 46.9 Å². The zero-order chi connectivity index (χ0) is 18.7. The van der Waals surface area contributed by atoms with Crippen LogP contribution in [0.25, 0.3) is 0 Å². The number of hydrogen-bond acceptors (Lipinski definition) is 2. The van der Waals surface area contributed by atoms with Crippen molar-refractivity contribution in [1.29, 1.82) is 0 Å². The molecule has 0 aliphatic rings. The summed E-state index contributed by atoms with van der Waals surface area (Å²) in [6.45, 7) is 6.53. The molecule has 134 valence electrons. The van der Waals surface area contributed by atoms with Crippen molar-refractivity contribution in [2.45, 2.75) is 33.9 Å². The second-order valence-corrected chi connectivity index (χ2v) is 6.46. The van der Waals surface area contributed by atoms with E-state index in [2.05, 4.69) is 14.9 Å². The van der Waals surface area contributed by atoms with Gasteiger partial charge in [0.15, 0.2) is 0 Å². The molecule has 0 saturated heterocycles. The Kier molecular flexibility index (Phi) is 5.16. The zero-order valence-corrected chi connectivity index (χ0v) is 15.2. The summed E-state index contributed by atoms with van der Waals surface area (Å²) < 4.78 is 15.7. The molecule has 26 heavy (non-hydrogen) atoms. The van der Waals surface area contributed by atoms with Crippen LogP contribution in [0.1, 0.15) is 38.6 Å². The van der Waals surface area contributed by atoms with Crippen molar-refractivity contribution in [3.63, 3.8) is 0 Å². The molecule has 3 rings (SSSR count). The summed E-state index contributed by atoms with van der Waals surface area (Å²) in [5.74, 6) is -0.420. The van der Waals surface area contributed by atoms with E-state index in [4.69, 9.17) is 0 Å². The number of rotatable bonds is 5. The van der Waals surface area contributed by atoms with Crippen LogP contribution in [0, 0.1) is 26.6 Å². The second-order valence-electron chi connectivity index (χ2n) is 6.46.